The number of nitrogens with zero attached hydrogens (tertiary/aromatic N) is 4. The Morgan fingerprint density at radius 3 is 2.56 bits per heavy atom. The average molecular weight is 506 g/mol. The molecule has 1 fully saturated rings. The molecule has 1 saturated heterocycles. The van der Waals surface area contributed by atoms with E-state index < -0.39 is 11.5 Å². The molecule has 4 heterocycles. The van der Waals surface area contributed by atoms with Crippen LogP contribution in [0.2, 0.25) is 5.02 Å². The highest BCUT2D eigenvalue weighted by molar-refractivity contribution is 6.30. The molecule has 0 bridgehead atoms. The fourth-order valence-corrected chi connectivity index (χ4v) is 4.47. The Hall–Kier alpha value is -3.98. The van der Waals surface area contributed by atoms with Crippen molar-refractivity contribution in [3.8, 4) is 11.3 Å². The average Bonchev–Trinajstić information content (AvgIpc) is 3.38. The van der Waals surface area contributed by atoms with Crippen molar-refractivity contribution in [3.05, 3.63) is 81.7 Å². The minimum absolute atomic E-state index is 0.0519. The Labute approximate surface area is 211 Å². The maximum atomic E-state index is 13.4. The quantitative estimate of drug-likeness (QED) is 0.429. The lowest BCUT2D eigenvalue weighted by Gasteiger charge is -2.45. The van der Waals surface area contributed by atoms with E-state index in [2.05, 4.69) is 29.1 Å². The van der Waals surface area contributed by atoms with E-state index in [1.807, 2.05) is 0 Å². The number of aromatic nitrogens is 3. The van der Waals surface area contributed by atoms with Gasteiger partial charge in [0.05, 0.1) is 6.20 Å². The minimum atomic E-state index is -0.579. The van der Waals surface area contributed by atoms with Crippen LogP contribution in [0.1, 0.15) is 29.8 Å². The van der Waals surface area contributed by atoms with E-state index in [1.54, 1.807) is 47.6 Å². The summed E-state index contributed by atoms with van der Waals surface area (Å²) in [7, 11) is 0. The lowest BCUT2D eigenvalue weighted by molar-refractivity contribution is -0.142. The number of hydrogen-bond donors (Lipinski definition) is 1. The molecule has 2 amide bonds. The number of likely N-dealkylation sites (tertiary alicyclic amines) is 1. The van der Waals surface area contributed by atoms with Gasteiger partial charge in [-0.25, -0.2) is 9.97 Å². The molecule has 0 saturated carbocycles. The standard InChI is InChI=1S/C26H24ClN5O4/c1-26(2)13-31(14-26)22(33)12-32-23-17(7-18(10-29-23)21-11-28-15-36-21)8-20(25(32)35)24(34)30-9-16-3-5-19(27)6-4-16/h3-8,10-11,15H,9,12-14H2,1-2H3,(H,30,34). The molecular formula is C26H24ClN5O4. The zero-order valence-electron chi connectivity index (χ0n) is 19.8. The van der Waals surface area contributed by atoms with Gasteiger partial charge < -0.3 is 14.6 Å². The number of amides is 2. The first-order valence-corrected chi connectivity index (χ1v) is 11.8. The number of oxazole rings is 1. The second kappa shape index (κ2) is 9.23. The smallest absolute Gasteiger partial charge is 0.265 e. The zero-order valence-corrected chi connectivity index (χ0v) is 20.6. The second-order valence-electron chi connectivity index (χ2n) is 9.67. The van der Waals surface area contributed by atoms with Gasteiger partial charge in [0.15, 0.2) is 12.2 Å². The first-order chi connectivity index (χ1) is 17.2. The number of hydrogen-bond acceptors (Lipinski definition) is 6. The highest BCUT2D eigenvalue weighted by atomic mass is 35.5. The molecule has 1 aliphatic heterocycles. The van der Waals surface area contributed by atoms with E-state index in [-0.39, 0.29) is 30.0 Å². The van der Waals surface area contributed by atoms with E-state index in [9.17, 15) is 14.4 Å². The van der Waals surface area contributed by atoms with Crippen LogP contribution in [0, 0.1) is 5.41 Å². The van der Waals surface area contributed by atoms with Crippen LogP contribution in [0.15, 0.2) is 64.4 Å². The third-order valence-electron chi connectivity index (χ3n) is 6.14. The van der Waals surface area contributed by atoms with Gasteiger partial charge in [-0.3, -0.25) is 19.0 Å². The van der Waals surface area contributed by atoms with Gasteiger partial charge in [0.25, 0.3) is 11.5 Å². The molecular weight excluding hydrogens is 482 g/mol. The molecule has 0 unspecified atom stereocenters. The van der Waals surface area contributed by atoms with Crippen molar-refractivity contribution in [2.45, 2.75) is 26.9 Å². The summed E-state index contributed by atoms with van der Waals surface area (Å²) in [4.78, 5) is 49.6. The molecule has 36 heavy (non-hydrogen) atoms. The molecule has 1 N–H and O–H groups in total. The number of benzene rings is 1. The zero-order chi connectivity index (χ0) is 25.4. The predicted molar refractivity (Wildman–Crippen MR) is 134 cm³/mol. The minimum Gasteiger partial charge on any atom is -0.443 e. The van der Waals surface area contributed by atoms with Gasteiger partial charge in [0, 0.05) is 41.8 Å². The van der Waals surface area contributed by atoms with Crippen LogP contribution < -0.4 is 10.9 Å². The van der Waals surface area contributed by atoms with Crippen molar-refractivity contribution < 1.29 is 14.0 Å². The van der Waals surface area contributed by atoms with E-state index in [4.69, 9.17) is 16.0 Å². The fraction of sp³-hybridized carbons (Fsp3) is 0.269. The summed E-state index contributed by atoms with van der Waals surface area (Å²) in [6, 6.07) is 10.3. The third-order valence-corrected chi connectivity index (χ3v) is 6.39. The first kappa shape index (κ1) is 23.7. The predicted octanol–water partition coefficient (Wildman–Crippen LogP) is 3.50. The number of fused-ring (bicyclic) bond motifs is 1. The topological polar surface area (TPSA) is 110 Å². The van der Waals surface area contributed by atoms with Gasteiger partial charge in [-0.15, -0.1) is 0 Å². The summed E-state index contributed by atoms with van der Waals surface area (Å²) in [5, 5.41) is 3.89. The van der Waals surface area contributed by atoms with Crippen molar-refractivity contribution in [3.63, 3.8) is 0 Å². The SMILES string of the molecule is CC1(C)CN(C(=O)Cn2c(=O)c(C(=O)NCc3ccc(Cl)cc3)cc3cc(-c4cnco4)cnc32)C1. The molecule has 1 aliphatic rings. The number of nitrogens with one attached hydrogen (secondary N) is 1. The molecule has 0 atom stereocenters. The lowest BCUT2D eigenvalue weighted by atomic mass is 9.84. The molecule has 4 aromatic rings. The largest absolute Gasteiger partial charge is 0.443 e. The maximum Gasteiger partial charge on any atom is 0.265 e. The van der Waals surface area contributed by atoms with E-state index >= 15 is 0 Å². The van der Waals surface area contributed by atoms with Gasteiger partial charge >= 0.3 is 0 Å². The molecule has 0 aliphatic carbocycles. The Kier molecular flexibility index (Phi) is 6.09. The number of rotatable bonds is 6. The van der Waals surface area contributed by atoms with E-state index in [0.717, 1.165) is 5.56 Å². The first-order valence-electron chi connectivity index (χ1n) is 11.4. The third kappa shape index (κ3) is 4.74. The normalized spacial score (nSPS) is 14.5. The van der Waals surface area contributed by atoms with Gasteiger partial charge in [0.2, 0.25) is 5.91 Å². The number of pyridine rings is 2. The van der Waals surface area contributed by atoms with E-state index in [0.29, 0.717) is 40.5 Å². The van der Waals surface area contributed by atoms with Crippen molar-refractivity contribution in [2.75, 3.05) is 13.1 Å². The van der Waals surface area contributed by atoms with Crippen molar-refractivity contribution in [1.82, 2.24) is 24.8 Å². The van der Waals surface area contributed by atoms with Crippen LogP contribution in [-0.2, 0) is 17.9 Å². The fourth-order valence-electron chi connectivity index (χ4n) is 4.35. The molecule has 184 valence electrons. The summed E-state index contributed by atoms with van der Waals surface area (Å²) >= 11 is 5.93. The van der Waals surface area contributed by atoms with Crippen LogP contribution >= 0.6 is 11.6 Å². The molecule has 1 aromatic carbocycles. The van der Waals surface area contributed by atoms with Crippen LogP contribution in [-0.4, -0.2) is 44.3 Å². The molecule has 5 rings (SSSR count). The van der Waals surface area contributed by atoms with Crippen LogP contribution in [0.25, 0.3) is 22.4 Å². The summed E-state index contributed by atoms with van der Waals surface area (Å²) in [6.07, 6.45) is 4.41. The highest BCUT2D eigenvalue weighted by Gasteiger charge is 2.37. The molecule has 0 spiro atoms. The molecule has 3 aromatic heterocycles. The summed E-state index contributed by atoms with van der Waals surface area (Å²) in [5.74, 6) is -0.250. The van der Waals surface area contributed by atoms with Crippen molar-refractivity contribution in [1.29, 1.82) is 0 Å². The lowest BCUT2D eigenvalue weighted by Crippen LogP contribution is -2.56. The second-order valence-corrected chi connectivity index (χ2v) is 10.1. The van der Waals surface area contributed by atoms with E-state index in [1.165, 1.54) is 17.0 Å². The Morgan fingerprint density at radius 2 is 1.89 bits per heavy atom. The number of carbonyl (C=O) groups excluding carboxylic acids is 2. The highest BCUT2D eigenvalue weighted by Crippen LogP contribution is 2.29. The van der Waals surface area contributed by atoms with Crippen molar-refractivity contribution >= 4 is 34.4 Å². The molecule has 0 radical (unpaired) electrons. The Morgan fingerprint density at radius 1 is 1.14 bits per heavy atom. The summed E-state index contributed by atoms with van der Waals surface area (Å²) in [6.45, 7) is 5.39. The Balaban J connectivity index is 1.51. The van der Waals surface area contributed by atoms with Crippen molar-refractivity contribution in [2.24, 2.45) is 5.41 Å². The van der Waals surface area contributed by atoms with Crippen LogP contribution in [0.4, 0.5) is 0 Å². The van der Waals surface area contributed by atoms with Gasteiger partial charge in [0.1, 0.15) is 17.8 Å². The number of carbonyl (C=O) groups is 2. The summed E-state index contributed by atoms with van der Waals surface area (Å²) < 4.78 is 6.63. The molecule has 9 nitrogen and oxygen atoms in total. The van der Waals surface area contributed by atoms with Crippen LogP contribution in [0.3, 0.4) is 0 Å². The van der Waals surface area contributed by atoms with Gasteiger partial charge in [-0.05, 0) is 35.2 Å². The number of halogens is 1. The Bertz CT molecular complexity index is 1500. The molecule has 10 heteroatoms. The van der Waals surface area contributed by atoms with Crippen LogP contribution in [0.5, 0.6) is 0 Å². The monoisotopic (exact) mass is 505 g/mol. The van der Waals surface area contributed by atoms with Gasteiger partial charge in [-0.1, -0.05) is 37.6 Å². The van der Waals surface area contributed by atoms with Gasteiger partial charge in [-0.2, -0.15) is 0 Å². The maximum absolute atomic E-state index is 13.4. The summed E-state index contributed by atoms with van der Waals surface area (Å²) in [5.41, 5.74) is 1.17.